The first-order valence-electron chi connectivity index (χ1n) is 5.73. The normalized spacial score (nSPS) is 15.5. The summed E-state index contributed by atoms with van der Waals surface area (Å²) in [6, 6.07) is 7.97. The maximum absolute atomic E-state index is 11.6. The topological polar surface area (TPSA) is 38.1 Å². The van der Waals surface area contributed by atoms with Crippen LogP contribution in [0.15, 0.2) is 43.0 Å². The van der Waals surface area contributed by atoms with Crippen molar-refractivity contribution < 1.29 is 4.79 Å². The molecule has 0 spiro atoms. The molecule has 4 heteroatoms. The van der Waals surface area contributed by atoms with Gasteiger partial charge >= 0.3 is 0 Å². The Morgan fingerprint density at radius 1 is 1.12 bits per heavy atom. The second kappa shape index (κ2) is 4.05. The van der Waals surface area contributed by atoms with Gasteiger partial charge in [-0.2, -0.15) is 0 Å². The summed E-state index contributed by atoms with van der Waals surface area (Å²) in [7, 11) is 0. The summed E-state index contributed by atoms with van der Waals surface area (Å²) >= 11 is 0. The van der Waals surface area contributed by atoms with E-state index in [1.807, 2.05) is 39.9 Å². The zero-order valence-corrected chi connectivity index (χ0v) is 9.41. The fourth-order valence-corrected chi connectivity index (χ4v) is 2.14. The number of benzene rings is 1. The largest absolute Gasteiger partial charge is 0.312 e. The number of nitrogens with zero attached hydrogens (tertiary/aromatic N) is 3. The molecule has 1 amide bonds. The van der Waals surface area contributed by atoms with E-state index >= 15 is 0 Å². The summed E-state index contributed by atoms with van der Waals surface area (Å²) in [5.74, 6) is 0.223. The number of rotatable bonds is 2. The zero-order valence-electron chi connectivity index (χ0n) is 9.41. The smallest absolute Gasteiger partial charge is 0.227 e. The van der Waals surface area contributed by atoms with Crippen molar-refractivity contribution in [3.05, 3.63) is 43.0 Å². The number of imidazole rings is 1. The van der Waals surface area contributed by atoms with E-state index in [0.717, 1.165) is 24.3 Å². The van der Waals surface area contributed by atoms with Crippen molar-refractivity contribution in [1.29, 1.82) is 0 Å². The summed E-state index contributed by atoms with van der Waals surface area (Å²) < 4.78 is 1.94. The molecule has 1 aromatic carbocycles. The lowest BCUT2D eigenvalue weighted by molar-refractivity contribution is -0.117. The highest BCUT2D eigenvalue weighted by atomic mass is 16.2. The van der Waals surface area contributed by atoms with Gasteiger partial charge in [-0.3, -0.25) is 4.79 Å². The van der Waals surface area contributed by atoms with E-state index < -0.39 is 0 Å². The predicted octanol–water partition coefficient (Wildman–Crippen LogP) is 2.00. The minimum Gasteiger partial charge on any atom is -0.312 e. The Morgan fingerprint density at radius 2 is 1.88 bits per heavy atom. The molecule has 0 aliphatic carbocycles. The first-order valence-corrected chi connectivity index (χ1v) is 5.73. The third-order valence-electron chi connectivity index (χ3n) is 3.04. The summed E-state index contributed by atoms with van der Waals surface area (Å²) in [5.41, 5.74) is 2.04. The van der Waals surface area contributed by atoms with Gasteiger partial charge in [0, 0.05) is 36.7 Å². The molecule has 0 radical (unpaired) electrons. The predicted molar refractivity (Wildman–Crippen MR) is 65.2 cm³/mol. The lowest BCUT2D eigenvalue weighted by atomic mass is 10.2. The maximum atomic E-state index is 11.6. The van der Waals surface area contributed by atoms with Crippen LogP contribution < -0.4 is 4.90 Å². The lowest BCUT2D eigenvalue weighted by Crippen LogP contribution is -2.23. The summed E-state index contributed by atoms with van der Waals surface area (Å²) in [4.78, 5) is 17.5. The third-order valence-corrected chi connectivity index (χ3v) is 3.04. The van der Waals surface area contributed by atoms with E-state index in [0.29, 0.717) is 6.42 Å². The summed E-state index contributed by atoms with van der Waals surface area (Å²) in [5, 5.41) is 0. The highest BCUT2D eigenvalue weighted by molar-refractivity contribution is 5.95. The second-order valence-corrected chi connectivity index (χ2v) is 4.14. The van der Waals surface area contributed by atoms with Crippen LogP contribution in [-0.4, -0.2) is 22.0 Å². The van der Waals surface area contributed by atoms with Crippen molar-refractivity contribution in [2.75, 3.05) is 11.4 Å². The molecule has 0 saturated carbocycles. The minimum absolute atomic E-state index is 0.223. The van der Waals surface area contributed by atoms with Crippen LogP contribution in [0.4, 0.5) is 5.69 Å². The number of hydrogen-bond donors (Lipinski definition) is 0. The first-order chi connectivity index (χ1) is 8.34. The summed E-state index contributed by atoms with van der Waals surface area (Å²) in [6.07, 6.45) is 7.04. The van der Waals surface area contributed by atoms with E-state index in [1.165, 1.54) is 0 Å². The van der Waals surface area contributed by atoms with Crippen LogP contribution >= 0.6 is 0 Å². The number of anilines is 1. The first kappa shape index (κ1) is 10.1. The van der Waals surface area contributed by atoms with E-state index in [-0.39, 0.29) is 5.91 Å². The van der Waals surface area contributed by atoms with Gasteiger partial charge in [-0.15, -0.1) is 0 Å². The maximum Gasteiger partial charge on any atom is 0.227 e. The van der Waals surface area contributed by atoms with Gasteiger partial charge in [0.2, 0.25) is 5.91 Å². The Balaban J connectivity index is 1.87. The van der Waals surface area contributed by atoms with Gasteiger partial charge in [-0.25, -0.2) is 4.98 Å². The number of aromatic nitrogens is 2. The van der Waals surface area contributed by atoms with Crippen LogP contribution in [0.3, 0.4) is 0 Å². The standard InChI is InChI=1S/C13H13N3O/c17-13-2-1-8-16(13)12-5-3-11(4-6-12)15-9-7-14-10-15/h3-7,9-10H,1-2,8H2. The van der Waals surface area contributed by atoms with E-state index in [1.54, 1.807) is 12.5 Å². The van der Waals surface area contributed by atoms with Crippen LogP contribution in [0.5, 0.6) is 0 Å². The van der Waals surface area contributed by atoms with Gasteiger partial charge in [-0.1, -0.05) is 0 Å². The van der Waals surface area contributed by atoms with Crippen LogP contribution in [0.1, 0.15) is 12.8 Å². The fourth-order valence-electron chi connectivity index (χ4n) is 2.14. The highest BCUT2D eigenvalue weighted by Crippen LogP contribution is 2.22. The monoisotopic (exact) mass is 227 g/mol. The average Bonchev–Trinajstić information content (AvgIpc) is 3.00. The molecule has 0 bridgehead atoms. The minimum atomic E-state index is 0.223. The van der Waals surface area contributed by atoms with Gasteiger partial charge in [0.1, 0.15) is 0 Å². The van der Waals surface area contributed by atoms with Crippen LogP contribution in [0, 0.1) is 0 Å². The molecule has 1 aliphatic heterocycles. The molecular weight excluding hydrogens is 214 g/mol. The Hall–Kier alpha value is -2.10. The molecule has 86 valence electrons. The molecule has 1 aliphatic rings. The molecule has 0 unspecified atom stereocenters. The highest BCUT2D eigenvalue weighted by Gasteiger charge is 2.21. The Kier molecular flexibility index (Phi) is 2.40. The van der Waals surface area contributed by atoms with Gasteiger partial charge in [-0.05, 0) is 30.7 Å². The molecule has 3 rings (SSSR count). The molecule has 0 atom stereocenters. The van der Waals surface area contributed by atoms with Crippen molar-refractivity contribution >= 4 is 11.6 Å². The van der Waals surface area contributed by atoms with Crippen LogP contribution in [0.25, 0.3) is 5.69 Å². The Morgan fingerprint density at radius 3 is 2.47 bits per heavy atom. The van der Waals surface area contributed by atoms with Gasteiger partial charge in [0.05, 0.1) is 6.33 Å². The quantitative estimate of drug-likeness (QED) is 0.787. The number of amides is 1. The molecule has 2 aromatic rings. The van der Waals surface area contributed by atoms with Crippen molar-refractivity contribution in [2.24, 2.45) is 0 Å². The Labute approximate surface area is 99.5 Å². The van der Waals surface area contributed by atoms with E-state index in [9.17, 15) is 4.79 Å². The molecule has 1 fully saturated rings. The van der Waals surface area contributed by atoms with Gasteiger partial charge < -0.3 is 9.47 Å². The second-order valence-electron chi connectivity index (χ2n) is 4.14. The van der Waals surface area contributed by atoms with Crippen LogP contribution in [0.2, 0.25) is 0 Å². The fraction of sp³-hybridized carbons (Fsp3) is 0.231. The van der Waals surface area contributed by atoms with E-state index in [4.69, 9.17) is 0 Å². The number of carbonyl (C=O) groups is 1. The lowest BCUT2D eigenvalue weighted by Gasteiger charge is -2.15. The van der Waals surface area contributed by atoms with Crippen molar-refractivity contribution in [2.45, 2.75) is 12.8 Å². The molecule has 2 heterocycles. The molecule has 1 aromatic heterocycles. The molecule has 4 nitrogen and oxygen atoms in total. The van der Waals surface area contributed by atoms with Gasteiger partial charge in [0.25, 0.3) is 0 Å². The van der Waals surface area contributed by atoms with E-state index in [2.05, 4.69) is 4.98 Å². The molecule has 0 N–H and O–H groups in total. The van der Waals surface area contributed by atoms with Crippen molar-refractivity contribution in [1.82, 2.24) is 9.55 Å². The zero-order chi connectivity index (χ0) is 11.7. The van der Waals surface area contributed by atoms with Crippen molar-refractivity contribution in [3.63, 3.8) is 0 Å². The SMILES string of the molecule is O=C1CCCN1c1ccc(-n2ccnc2)cc1. The average molecular weight is 227 g/mol. The summed E-state index contributed by atoms with van der Waals surface area (Å²) in [6.45, 7) is 0.837. The van der Waals surface area contributed by atoms with Gasteiger partial charge in [0.15, 0.2) is 0 Å². The van der Waals surface area contributed by atoms with Crippen LogP contribution in [-0.2, 0) is 4.79 Å². The number of hydrogen-bond acceptors (Lipinski definition) is 2. The third kappa shape index (κ3) is 1.82. The van der Waals surface area contributed by atoms with Crippen molar-refractivity contribution in [3.8, 4) is 5.69 Å². The molecule has 1 saturated heterocycles. The molecular formula is C13H13N3O. The number of carbonyl (C=O) groups excluding carboxylic acids is 1. The Bertz CT molecular complexity index is 516. The molecule has 17 heavy (non-hydrogen) atoms.